The molecular formula is C33H25N3O2S2. The van der Waals surface area contributed by atoms with Gasteiger partial charge in [-0.2, -0.15) is 5.10 Å². The zero-order valence-corrected chi connectivity index (χ0v) is 23.4. The predicted octanol–water partition coefficient (Wildman–Crippen LogP) is 8.01. The molecule has 1 aromatic heterocycles. The maximum Gasteiger partial charge on any atom is 0.270 e. The van der Waals surface area contributed by atoms with E-state index in [2.05, 4.69) is 30.3 Å². The summed E-state index contributed by atoms with van der Waals surface area (Å²) in [7, 11) is 0. The summed E-state index contributed by atoms with van der Waals surface area (Å²) in [5, 5.41) is 4.95. The normalized spacial score (nSPS) is 14.2. The molecule has 0 spiro atoms. The molecule has 7 heteroatoms. The van der Waals surface area contributed by atoms with Gasteiger partial charge in [-0.3, -0.25) is 9.69 Å². The molecule has 0 aliphatic carbocycles. The summed E-state index contributed by atoms with van der Waals surface area (Å²) in [6, 6.07) is 38.0. The van der Waals surface area contributed by atoms with Crippen molar-refractivity contribution in [2.75, 3.05) is 11.5 Å². The molecule has 0 unspecified atom stereocenters. The molecule has 1 amide bonds. The molecule has 2 heterocycles. The number of ether oxygens (including phenoxy) is 1. The van der Waals surface area contributed by atoms with Crippen LogP contribution in [0, 0.1) is 0 Å². The molecule has 0 N–H and O–H groups in total. The van der Waals surface area contributed by atoms with Gasteiger partial charge in [-0.1, -0.05) is 96.8 Å². The third-order valence-electron chi connectivity index (χ3n) is 6.48. The lowest BCUT2D eigenvalue weighted by Crippen LogP contribution is -2.27. The number of benzene rings is 4. The molecule has 0 atom stereocenters. The Morgan fingerprint density at radius 3 is 2.10 bits per heavy atom. The van der Waals surface area contributed by atoms with Crippen LogP contribution in [0.4, 0.5) is 5.69 Å². The highest BCUT2D eigenvalue weighted by atomic mass is 32.2. The fourth-order valence-electron chi connectivity index (χ4n) is 4.55. The van der Waals surface area contributed by atoms with Gasteiger partial charge in [0.1, 0.15) is 5.75 Å². The number of anilines is 1. The average Bonchev–Trinajstić information content (AvgIpc) is 3.56. The summed E-state index contributed by atoms with van der Waals surface area (Å²) in [6.07, 6.45) is 1.88. The highest BCUT2D eigenvalue weighted by Gasteiger charge is 2.33. The fourth-order valence-corrected chi connectivity index (χ4v) is 5.85. The maximum atomic E-state index is 13.3. The number of nitrogens with zero attached hydrogens (tertiary/aromatic N) is 3. The van der Waals surface area contributed by atoms with Gasteiger partial charge in [0.25, 0.3) is 5.91 Å². The van der Waals surface area contributed by atoms with Crippen LogP contribution in [0.15, 0.2) is 120 Å². The van der Waals surface area contributed by atoms with Crippen molar-refractivity contribution in [3.8, 4) is 34.0 Å². The second kappa shape index (κ2) is 11.3. The molecule has 4 aromatic carbocycles. The Hall–Kier alpha value is -4.46. The van der Waals surface area contributed by atoms with Gasteiger partial charge in [-0.25, -0.2) is 4.68 Å². The Labute approximate surface area is 242 Å². The zero-order valence-electron chi connectivity index (χ0n) is 21.7. The first kappa shape index (κ1) is 25.8. The van der Waals surface area contributed by atoms with E-state index in [0.29, 0.717) is 15.8 Å². The molecule has 1 aliphatic rings. The Kier molecular flexibility index (Phi) is 7.31. The van der Waals surface area contributed by atoms with Crippen LogP contribution < -0.4 is 9.64 Å². The zero-order chi connectivity index (χ0) is 27.5. The third kappa shape index (κ3) is 5.21. The lowest BCUT2D eigenvalue weighted by Gasteiger charge is -2.15. The summed E-state index contributed by atoms with van der Waals surface area (Å²) in [4.78, 5) is 15.4. The van der Waals surface area contributed by atoms with E-state index in [4.69, 9.17) is 22.1 Å². The van der Waals surface area contributed by atoms with Gasteiger partial charge in [0.05, 0.1) is 34.3 Å². The van der Waals surface area contributed by atoms with Crippen molar-refractivity contribution >= 4 is 46.0 Å². The van der Waals surface area contributed by atoms with Gasteiger partial charge in [0.15, 0.2) is 4.32 Å². The molecule has 196 valence electrons. The van der Waals surface area contributed by atoms with Crippen molar-refractivity contribution in [1.82, 2.24) is 9.78 Å². The van der Waals surface area contributed by atoms with Gasteiger partial charge < -0.3 is 4.74 Å². The van der Waals surface area contributed by atoms with E-state index < -0.39 is 0 Å². The van der Waals surface area contributed by atoms with Gasteiger partial charge >= 0.3 is 0 Å². The molecule has 0 saturated carbocycles. The van der Waals surface area contributed by atoms with Crippen LogP contribution >= 0.6 is 24.0 Å². The minimum atomic E-state index is -0.130. The largest absolute Gasteiger partial charge is 0.494 e. The maximum absolute atomic E-state index is 13.3. The van der Waals surface area contributed by atoms with E-state index >= 15 is 0 Å². The number of carbonyl (C=O) groups is 1. The summed E-state index contributed by atoms with van der Waals surface area (Å²) in [5.41, 5.74) is 6.62. The number of aromatic nitrogens is 2. The van der Waals surface area contributed by atoms with E-state index in [-0.39, 0.29) is 5.91 Å². The van der Waals surface area contributed by atoms with Crippen LogP contribution in [-0.4, -0.2) is 26.6 Å². The van der Waals surface area contributed by atoms with Crippen LogP contribution in [0.25, 0.3) is 34.3 Å². The topological polar surface area (TPSA) is 47.4 Å². The number of hydrogen-bond acceptors (Lipinski definition) is 5. The Morgan fingerprint density at radius 2 is 1.45 bits per heavy atom. The smallest absolute Gasteiger partial charge is 0.270 e. The number of amides is 1. The summed E-state index contributed by atoms with van der Waals surface area (Å²) < 4.78 is 7.99. The highest BCUT2D eigenvalue weighted by Crippen LogP contribution is 2.37. The Morgan fingerprint density at radius 1 is 0.825 bits per heavy atom. The monoisotopic (exact) mass is 559 g/mol. The van der Waals surface area contributed by atoms with Crippen LogP contribution in [0.5, 0.6) is 5.75 Å². The summed E-state index contributed by atoms with van der Waals surface area (Å²) in [6.45, 7) is 2.52. The van der Waals surface area contributed by atoms with Crippen molar-refractivity contribution in [1.29, 1.82) is 0 Å². The van der Waals surface area contributed by atoms with Crippen molar-refractivity contribution in [3.05, 3.63) is 126 Å². The number of thiocarbonyl (C=S) groups is 1. The predicted molar refractivity (Wildman–Crippen MR) is 168 cm³/mol. The number of carbonyl (C=O) groups excluding carboxylic acids is 1. The molecule has 0 bridgehead atoms. The molecule has 5 nitrogen and oxygen atoms in total. The fraction of sp³-hybridized carbons (Fsp3) is 0.0606. The third-order valence-corrected chi connectivity index (χ3v) is 7.79. The number of rotatable bonds is 7. The Balaban J connectivity index is 1.28. The van der Waals surface area contributed by atoms with Crippen molar-refractivity contribution in [2.24, 2.45) is 0 Å². The van der Waals surface area contributed by atoms with Crippen molar-refractivity contribution in [3.63, 3.8) is 0 Å². The minimum Gasteiger partial charge on any atom is -0.494 e. The van der Waals surface area contributed by atoms with E-state index in [9.17, 15) is 4.79 Å². The molecule has 5 aromatic rings. The molecule has 1 saturated heterocycles. The van der Waals surface area contributed by atoms with Gasteiger partial charge in [-0.05, 0) is 61.0 Å². The first-order valence-electron chi connectivity index (χ1n) is 12.9. The molecule has 1 aliphatic heterocycles. The SMILES string of the molecule is CCOc1ccc(N2C(=O)/C(=C/c3ccc(-n4nc(-c5ccccc5)cc4-c4ccccc4)cc3)SC2=S)cc1. The van der Waals surface area contributed by atoms with Crippen LogP contribution in [0.3, 0.4) is 0 Å². The van der Waals surface area contributed by atoms with Gasteiger partial charge in [0, 0.05) is 11.1 Å². The molecule has 40 heavy (non-hydrogen) atoms. The van der Waals surface area contributed by atoms with E-state index in [1.165, 1.54) is 11.8 Å². The lowest BCUT2D eigenvalue weighted by molar-refractivity contribution is -0.113. The van der Waals surface area contributed by atoms with Gasteiger partial charge in [0.2, 0.25) is 0 Å². The first-order chi connectivity index (χ1) is 19.6. The molecule has 1 fully saturated rings. The highest BCUT2D eigenvalue weighted by molar-refractivity contribution is 8.27. The van der Waals surface area contributed by atoms with Crippen LogP contribution in [-0.2, 0) is 4.79 Å². The first-order valence-corrected chi connectivity index (χ1v) is 14.2. The van der Waals surface area contributed by atoms with E-state index in [1.807, 2.05) is 103 Å². The standard InChI is InChI=1S/C33H25N3O2S2/c1-2-38-28-19-17-26(18-20-28)35-32(37)31(40-33(35)39)21-23-13-15-27(16-14-23)36-30(25-11-7-4-8-12-25)22-29(34-36)24-9-5-3-6-10-24/h3-22H,2H2,1H3/b31-21-. The number of hydrogen-bond donors (Lipinski definition) is 0. The second-order valence-corrected chi connectivity index (χ2v) is 10.8. The van der Waals surface area contributed by atoms with Crippen molar-refractivity contribution in [2.45, 2.75) is 6.92 Å². The molecule has 0 radical (unpaired) electrons. The molecule has 6 rings (SSSR count). The van der Waals surface area contributed by atoms with Crippen molar-refractivity contribution < 1.29 is 9.53 Å². The second-order valence-electron chi connectivity index (χ2n) is 9.09. The summed E-state index contributed by atoms with van der Waals surface area (Å²) in [5.74, 6) is 0.630. The Bertz CT molecular complexity index is 1690. The number of thioether (sulfide) groups is 1. The average molecular weight is 560 g/mol. The van der Waals surface area contributed by atoms with Crippen LogP contribution in [0.2, 0.25) is 0 Å². The van der Waals surface area contributed by atoms with Crippen LogP contribution in [0.1, 0.15) is 12.5 Å². The minimum absolute atomic E-state index is 0.130. The van der Waals surface area contributed by atoms with Gasteiger partial charge in [-0.15, -0.1) is 0 Å². The lowest BCUT2D eigenvalue weighted by atomic mass is 10.1. The van der Waals surface area contributed by atoms with E-state index in [0.717, 1.165) is 45.2 Å². The summed E-state index contributed by atoms with van der Waals surface area (Å²) >= 11 is 6.86. The van der Waals surface area contributed by atoms with E-state index in [1.54, 1.807) is 4.90 Å². The quantitative estimate of drug-likeness (QED) is 0.149. The molecular weight excluding hydrogens is 535 g/mol.